The van der Waals surface area contributed by atoms with Crippen LogP contribution < -0.4 is 5.32 Å². The van der Waals surface area contributed by atoms with Crippen molar-refractivity contribution in [1.29, 1.82) is 0 Å². The predicted octanol–water partition coefficient (Wildman–Crippen LogP) is 4.58. The van der Waals surface area contributed by atoms with E-state index in [1.54, 1.807) is 0 Å². The Hall–Kier alpha value is -1.02. The minimum Gasteiger partial charge on any atom is -0.321 e. The number of carbonyl (C=O) groups is 1. The highest BCUT2D eigenvalue weighted by atomic mass is 127. The molecule has 0 unspecified atom stereocenters. The minimum absolute atomic E-state index is 0.181. The van der Waals surface area contributed by atoms with Crippen LogP contribution in [-0.2, 0) is 0 Å². The lowest BCUT2D eigenvalue weighted by atomic mass is 10.2. The van der Waals surface area contributed by atoms with Crippen LogP contribution in [0.2, 0.25) is 0 Å². The highest BCUT2D eigenvalue weighted by Gasteiger charge is 2.13. The molecule has 0 saturated carbocycles. The van der Waals surface area contributed by atoms with Crippen molar-refractivity contribution in [3.05, 3.63) is 61.6 Å². The molecule has 0 bridgehead atoms. The maximum Gasteiger partial charge on any atom is 0.256 e. The van der Waals surface area contributed by atoms with Crippen molar-refractivity contribution in [3.63, 3.8) is 0 Å². The Morgan fingerprint density at radius 1 is 1.11 bits per heavy atom. The Bertz CT molecular complexity index is 649. The summed E-state index contributed by atoms with van der Waals surface area (Å²) in [6, 6.07) is 7.86. The lowest BCUT2D eigenvalue weighted by Crippen LogP contribution is -2.13. The molecule has 1 N–H and O–H groups in total. The van der Waals surface area contributed by atoms with Crippen LogP contribution in [0.25, 0.3) is 0 Å². The molecule has 0 heterocycles. The van der Waals surface area contributed by atoms with Crippen molar-refractivity contribution in [2.24, 2.45) is 0 Å². The SMILES string of the molecule is O=C(Nc1ccc(F)cc1I)c1cc(F)ccc1Br. The largest absolute Gasteiger partial charge is 0.321 e. The fourth-order valence-electron chi connectivity index (χ4n) is 1.45. The van der Waals surface area contributed by atoms with Crippen molar-refractivity contribution in [2.45, 2.75) is 0 Å². The van der Waals surface area contributed by atoms with Crippen molar-refractivity contribution in [2.75, 3.05) is 5.32 Å². The van der Waals surface area contributed by atoms with Gasteiger partial charge in [0, 0.05) is 8.04 Å². The van der Waals surface area contributed by atoms with Gasteiger partial charge >= 0.3 is 0 Å². The maximum atomic E-state index is 13.1. The van der Waals surface area contributed by atoms with Crippen molar-refractivity contribution >= 4 is 50.1 Å². The summed E-state index contributed by atoms with van der Waals surface area (Å²) in [5, 5.41) is 2.61. The second-order valence-electron chi connectivity index (χ2n) is 3.70. The quantitative estimate of drug-likeness (QED) is 0.684. The fraction of sp³-hybridized carbons (Fsp3) is 0. The van der Waals surface area contributed by atoms with E-state index in [1.807, 2.05) is 22.6 Å². The van der Waals surface area contributed by atoms with Crippen molar-refractivity contribution in [3.8, 4) is 0 Å². The van der Waals surface area contributed by atoms with Gasteiger partial charge in [0.1, 0.15) is 11.6 Å². The van der Waals surface area contributed by atoms with Gasteiger partial charge in [-0.25, -0.2) is 8.78 Å². The molecule has 2 rings (SSSR count). The maximum absolute atomic E-state index is 13.1. The van der Waals surface area contributed by atoms with E-state index in [9.17, 15) is 13.6 Å². The van der Waals surface area contributed by atoms with E-state index in [2.05, 4.69) is 21.2 Å². The Morgan fingerprint density at radius 2 is 1.74 bits per heavy atom. The summed E-state index contributed by atoms with van der Waals surface area (Å²) >= 11 is 5.10. The zero-order valence-electron chi connectivity index (χ0n) is 9.38. The second kappa shape index (κ2) is 5.96. The lowest BCUT2D eigenvalue weighted by molar-refractivity contribution is 0.102. The number of halogens is 4. The van der Waals surface area contributed by atoms with E-state index >= 15 is 0 Å². The summed E-state index contributed by atoms with van der Waals surface area (Å²) in [4.78, 5) is 12.0. The van der Waals surface area contributed by atoms with Gasteiger partial charge in [0.15, 0.2) is 0 Å². The Labute approximate surface area is 130 Å². The summed E-state index contributed by atoms with van der Waals surface area (Å²) in [5.74, 6) is -1.34. The van der Waals surface area contributed by atoms with Crippen LogP contribution in [0.1, 0.15) is 10.4 Å². The first kappa shape index (κ1) is 14.4. The molecule has 0 aliphatic carbocycles. The zero-order valence-corrected chi connectivity index (χ0v) is 13.1. The third-order valence-corrected chi connectivity index (χ3v) is 3.94. The van der Waals surface area contributed by atoms with Gasteiger partial charge in [0.2, 0.25) is 0 Å². The molecule has 0 aromatic heterocycles. The Kier molecular flexibility index (Phi) is 4.51. The van der Waals surface area contributed by atoms with E-state index in [-0.39, 0.29) is 11.4 Å². The van der Waals surface area contributed by atoms with E-state index in [0.29, 0.717) is 13.7 Å². The number of benzene rings is 2. The summed E-state index contributed by atoms with van der Waals surface area (Å²) < 4.78 is 27.1. The van der Waals surface area contributed by atoms with Crippen LogP contribution in [0.3, 0.4) is 0 Å². The average molecular weight is 438 g/mol. The standard InChI is InChI=1S/C13H7BrF2INO/c14-10-3-1-7(15)5-9(10)13(19)18-12-4-2-8(16)6-11(12)17/h1-6H,(H,18,19). The summed E-state index contributed by atoms with van der Waals surface area (Å²) in [5.41, 5.74) is 0.656. The fourth-order valence-corrected chi connectivity index (χ4v) is 2.49. The first-order valence-corrected chi connectivity index (χ1v) is 7.06. The minimum atomic E-state index is -0.498. The number of hydrogen-bond donors (Lipinski definition) is 1. The molecule has 0 aliphatic heterocycles. The topological polar surface area (TPSA) is 29.1 Å². The molecular weight excluding hydrogens is 431 g/mol. The molecule has 0 fully saturated rings. The lowest BCUT2D eigenvalue weighted by Gasteiger charge is -2.09. The molecule has 2 aromatic carbocycles. The number of rotatable bonds is 2. The van der Waals surface area contributed by atoms with E-state index < -0.39 is 11.7 Å². The third-order valence-electron chi connectivity index (χ3n) is 2.35. The van der Waals surface area contributed by atoms with Gasteiger partial charge in [-0.1, -0.05) is 0 Å². The molecule has 2 nitrogen and oxygen atoms in total. The average Bonchev–Trinajstić information content (AvgIpc) is 2.35. The first-order chi connectivity index (χ1) is 8.97. The number of anilines is 1. The molecule has 0 saturated heterocycles. The van der Waals surface area contributed by atoms with Gasteiger partial charge in [0.25, 0.3) is 5.91 Å². The molecule has 0 atom stereocenters. The molecule has 0 radical (unpaired) electrons. The molecule has 2 aromatic rings. The Balaban J connectivity index is 2.28. The van der Waals surface area contributed by atoms with Gasteiger partial charge in [-0.05, 0) is 74.9 Å². The predicted molar refractivity (Wildman–Crippen MR) is 81.2 cm³/mol. The van der Waals surface area contributed by atoms with Gasteiger partial charge in [0.05, 0.1) is 11.3 Å². The van der Waals surface area contributed by atoms with Crippen LogP contribution in [0.5, 0.6) is 0 Å². The number of hydrogen-bond acceptors (Lipinski definition) is 1. The van der Waals surface area contributed by atoms with Crippen LogP contribution in [0, 0.1) is 15.2 Å². The molecule has 6 heteroatoms. The van der Waals surface area contributed by atoms with Crippen LogP contribution in [-0.4, -0.2) is 5.91 Å². The van der Waals surface area contributed by atoms with Gasteiger partial charge in [-0.15, -0.1) is 0 Å². The molecule has 98 valence electrons. The first-order valence-electron chi connectivity index (χ1n) is 5.19. The highest BCUT2D eigenvalue weighted by Crippen LogP contribution is 2.22. The number of carbonyl (C=O) groups excluding carboxylic acids is 1. The van der Waals surface area contributed by atoms with E-state index in [0.717, 1.165) is 6.07 Å². The van der Waals surface area contributed by atoms with Crippen LogP contribution in [0.4, 0.5) is 14.5 Å². The van der Waals surface area contributed by atoms with Crippen molar-refractivity contribution < 1.29 is 13.6 Å². The summed E-state index contributed by atoms with van der Waals surface area (Å²) in [6.07, 6.45) is 0. The number of amides is 1. The molecule has 0 spiro atoms. The normalized spacial score (nSPS) is 10.3. The smallest absolute Gasteiger partial charge is 0.256 e. The van der Waals surface area contributed by atoms with Crippen LogP contribution >= 0.6 is 38.5 Å². The molecule has 1 amide bonds. The monoisotopic (exact) mass is 437 g/mol. The van der Waals surface area contributed by atoms with Crippen LogP contribution in [0.15, 0.2) is 40.9 Å². The van der Waals surface area contributed by atoms with Gasteiger partial charge in [-0.2, -0.15) is 0 Å². The van der Waals surface area contributed by atoms with E-state index in [4.69, 9.17) is 0 Å². The van der Waals surface area contributed by atoms with Gasteiger partial charge < -0.3 is 5.32 Å². The molecular formula is C13H7BrF2INO. The number of nitrogens with one attached hydrogen (secondary N) is 1. The second-order valence-corrected chi connectivity index (χ2v) is 5.72. The summed E-state index contributed by atoms with van der Waals surface area (Å²) in [6.45, 7) is 0. The molecule has 0 aliphatic rings. The third kappa shape index (κ3) is 3.50. The zero-order chi connectivity index (χ0) is 14.0. The Morgan fingerprint density at radius 3 is 2.42 bits per heavy atom. The molecule has 19 heavy (non-hydrogen) atoms. The summed E-state index contributed by atoms with van der Waals surface area (Å²) in [7, 11) is 0. The van der Waals surface area contributed by atoms with Crippen molar-refractivity contribution in [1.82, 2.24) is 0 Å². The highest BCUT2D eigenvalue weighted by molar-refractivity contribution is 14.1. The van der Waals surface area contributed by atoms with Gasteiger partial charge in [-0.3, -0.25) is 4.79 Å². The van der Waals surface area contributed by atoms with E-state index in [1.165, 1.54) is 30.3 Å².